The zero-order chi connectivity index (χ0) is 32.4. The Morgan fingerprint density at radius 2 is 1.44 bits per heavy atom. The van der Waals surface area contributed by atoms with Crippen molar-refractivity contribution in [3.63, 3.8) is 0 Å². The van der Waals surface area contributed by atoms with Crippen LogP contribution in [0.3, 0.4) is 0 Å². The zero-order valence-electron chi connectivity index (χ0n) is 26.2. The van der Waals surface area contributed by atoms with Crippen molar-refractivity contribution in [2.24, 2.45) is 0 Å². The fourth-order valence-corrected chi connectivity index (χ4v) is 6.50. The summed E-state index contributed by atoms with van der Waals surface area (Å²) in [7, 11) is -4.17. The van der Waals surface area contributed by atoms with Gasteiger partial charge in [-0.05, 0) is 75.2 Å². The summed E-state index contributed by atoms with van der Waals surface area (Å²) in [5.41, 5.74) is 3.02. The number of aryl methyl sites for hydroxylation is 1. The molecule has 4 rings (SSSR count). The van der Waals surface area contributed by atoms with Gasteiger partial charge in [0.25, 0.3) is 10.0 Å². The molecule has 2 amide bonds. The predicted molar refractivity (Wildman–Crippen MR) is 178 cm³/mol. The summed E-state index contributed by atoms with van der Waals surface area (Å²) < 4.78 is 34.8. The van der Waals surface area contributed by atoms with Crippen LogP contribution in [0.4, 0.5) is 5.69 Å². The summed E-state index contributed by atoms with van der Waals surface area (Å²) in [6.45, 7) is 7.61. The normalized spacial score (nSPS) is 11.9. The van der Waals surface area contributed by atoms with Crippen LogP contribution in [0.1, 0.15) is 37.5 Å². The van der Waals surface area contributed by atoms with E-state index in [-0.39, 0.29) is 29.8 Å². The first kappa shape index (κ1) is 33.3. The van der Waals surface area contributed by atoms with E-state index >= 15 is 0 Å². The maximum absolute atomic E-state index is 14.5. The molecule has 0 aliphatic heterocycles. The lowest BCUT2D eigenvalue weighted by atomic mass is 10.0. The van der Waals surface area contributed by atoms with Crippen LogP contribution in [0.5, 0.6) is 5.75 Å². The van der Waals surface area contributed by atoms with E-state index in [4.69, 9.17) is 4.74 Å². The van der Waals surface area contributed by atoms with Gasteiger partial charge in [0.05, 0.1) is 17.2 Å². The van der Waals surface area contributed by atoms with Crippen molar-refractivity contribution >= 4 is 27.5 Å². The van der Waals surface area contributed by atoms with Gasteiger partial charge in [-0.25, -0.2) is 8.42 Å². The van der Waals surface area contributed by atoms with Crippen molar-refractivity contribution in [1.29, 1.82) is 0 Å². The molecule has 0 radical (unpaired) electrons. The zero-order valence-corrected chi connectivity index (χ0v) is 27.0. The Balaban J connectivity index is 1.80. The first-order valence-corrected chi connectivity index (χ1v) is 16.5. The molecule has 0 aliphatic carbocycles. The first-order chi connectivity index (χ1) is 21.6. The van der Waals surface area contributed by atoms with Gasteiger partial charge in [0, 0.05) is 19.0 Å². The molecule has 0 unspecified atom stereocenters. The molecule has 0 saturated heterocycles. The Labute approximate surface area is 266 Å². The van der Waals surface area contributed by atoms with E-state index in [9.17, 15) is 18.0 Å². The van der Waals surface area contributed by atoms with Crippen LogP contribution in [0.25, 0.3) is 0 Å². The lowest BCUT2D eigenvalue weighted by molar-refractivity contribution is -0.140. The molecule has 1 N–H and O–H groups in total. The quantitative estimate of drug-likeness (QED) is 0.192. The summed E-state index contributed by atoms with van der Waals surface area (Å²) >= 11 is 0. The van der Waals surface area contributed by atoms with Crippen LogP contribution in [-0.4, -0.2) is 50.4 Å². The van der Waals surface area contributed by atoms with Crippen LogP contribution < -0.4 is 14.4 Å². The highest BCUT2D eigenvalue weighted by atomic mass is 32.2. The number of sulfonamides is 1. The fraction of sp³-hybridized carbons (Fsp3) is 0.278. The molecule has 0 spiro atoms. The molecular formula is C36H41N3O5S. The third kappa shape index (κ3) is 8.95. The Morgan fingerprint density at radius 3 is 2.04 bits per heavy atom. The number of anilines is 1. The van der Waals surface area contributed by atoms with E-state index < -0.39 is 28.5 Å². The number of carbonyl (C=O) groups excluding carboxylic acids is 2. The van der Waals surface area contributed by atoms with Gasteiger partial charge in [-0.3, -0.25) is 13.9 Å². The number of benzene rings is 4. The number of carbonyl (C=O) groups is 2. The Kier molecular flexibility index (Phi) is 11.4. The molecule has 4 aromatic rings. The van der Waals surface area contributed by atoms with Crippen molar-refractivity contribution in [1.82, 2.24) is 10.2 Å². The number of rotatable bonds is 14. The van der Waals surface area contributed by atoms with Crippen molar-refractivity contribution in [2.45, 2.75) is 57.6 Å². The molecular weight excluding hydrogens is 586 g/mol. The Morgan fingerprint density at radius 1 is 0.822 bits per heavy atom. The molecule has 4 aromatic carbocycles. The summed E-state index contributed by atoms with van der Waals surface area (Å²) in [6.07, 6.45) is 0.255. The predicted octanol–water partition coefficient (Wildman–Crippen LogP) is 5.75. The average Bonchev–Trinajstić information content (AvgIpc) is 3.02. The van der Waals surface area contributed by atoms with Gasteiger partial charge < -0.3 is 15.0 Å². The van der Waals surface area contributed by atoms with E-state index in [1.165, 1.54) is 17.0 Å². The SMILES string of the molecule is CCOc1ccc(N(CC(=O)N(Cc2cccc(C)c2)[C@H](Cc2ccccc2)C(=O)NC(C)C)S(=O)(=O)c2ccccc2)cc1. The van der Waals surface area contributed by atoms with Crippen LogP contribution in [-0.2, 0) is 32.6 Å². The molecule has 0 heterocycles. The molecule has 0 aromatic heterocycles. The summed E-state index contributed by atoms with van der Waals surface area (Å²) in [5, 5.41) is 2.98. The second-order valence-corrected chi connectivity index (χ2v) is 13.0. The molecule has 8 nitrogen and oxygen atoms in total. The minimum Gasteiger partial charge on any atom is -0.494 e. The molecule has 0 aliphatic rings. The summed E-state index contributed by atoms with van der Waals surface area (Å²) in [6, 6.07) is 30.8. The Hall–Kier alpha value is -4.63. The summed E-state index contributed by atoms with van der Waals surface area (Å²) in [5.74, 6) is -0.239. The minimum atomic E-state index is -4.17. The highest BCUT2D eigenvalue weighted by Gasteiger charge is 2.34. The first-order valence-electron chi connectivity index (χ1n) is 15.1. The van der Waals surface area contributed by atoms with Crippen LogP contribution in [0.15, 0.2) is 114 Å². The van der Waals surface area contributed by atoms with Gasteiger partial charge in [-0.1, -0.05) is 78.4 Å². The molecule has 236 valence electrons. The second kappa shape index (κ2) is 15.4. The summed E-state index contributed by atoms with van der Waals surface area (Å²) in [4.78, 5) is 29.8. The van der Waals surface area contributed by atoms with Crippen molar-refractivity contribution in [3.05, 3.63) is 126 Å². The van der Waals surface area contributed by atoms with Crippen molar-refractivity contribution < 1.29 is 22.7 Å². The minimum absolute atomic E-state index is 0.0512. The monoisotopic (exact) mass is 627 g/mol. The van der Waals surface area contributed by atoms with Gasteiger partial charge in [-0.15, -0.1) is 0 Å². The largest absolute Gasteiger partial charge is 0.494 e. The number of hydrogen-bond donors (Lipinski definition) is 1. The second-order valence-electron chi connectivity index (χ2n) is 11.1. The van der Waals surface area contributed by atoms with Crippen molar-refractivity contribution in [3.8, 4) is 5.75 Å². The number of nitrogens with one attached hydrogen (secondary N) is 1. The average molecular weight is 628 g/mol. The van der Waals surface area contributed by atoms with Gasteiger partial charge in [0.15, 0.2) is 0 Å². The van der Waals surface area contributed by atoms with Gasteiger partial charge in [0.1, 0.15) is 18.3 Å². The third-order valence-electron chi connectivity index (χ3n) is 7.18. The highest BCUT2D eigenvalue weighted by Crippen LogP contribution is 2.27. The smallest absolute Gasteiger partial charge is 0.264 e. The van der Waals surface area contributed by atoms with E-state index in [2.05, 4.69) is 5.32 Å². The topological polar surface area (TPSA) is 96.0 Å². The number of nitrogens with zero attached hydrogens (tertiary/aromatic N) is 2. The maximum Gasteiger partial charge on any atom is 0.264 e. The molecule has 45 heavy (non-hydrogen) atoms. The molecule has 9 heteroatoms. The number of ether oxygens (including phenoxy) is 1. The van der Waals surface area contributed by atoms with E-state index in [1.807, 2.05) is 82.3 Å². The molecule has 0 fully saturated rings. The third-order valence-corrected chi connectivity index (χ3v) is 8.97. The van der Waals surface area contributed by atoms with Crippen molar-refractivity contribution in [2.75, 3.05) is 17.5 Å². The number of hydrogen-bond acceptors (Lipinski definition) is 5. The van der Waals surface area contributed by atoms with Crippen LogP contribution in [0.2, 0.25) is 0 Å². The molecule has 0 bridgehead atoms. The van der Waals surface area contributed by atoms with E-state index in [0.717, 1.165) is 21.0 Å². The maximum atomic E-state index is 14.5. The van der Waals surface area contributed by atoms with Gasteiger partial charge in [0.2, 0.25) is 11.8 Å². The number of amides is 2. The van der Waals surface area contributed by atoms with E-state index in [1.54, 1.807) is 42.5 Å². The Bertz CT molecular complexity index is 1660. The van der Waals surface area contributed by atoms with Gasteiger partial charge >= 0.3 is 0 Å². The van der Waals surface area contributed by atoms with Crippen LogP contribution >= 0.6 is 0 Å². The van der Waals surface area contributed by atoms with Gasteiger partial charge in [-0.2, -0.15) is 0 Å². The highest BCUT2D eigenvalue weighted by molar-refractivity contribution is 7.92. The fourth-order valence-electron chi connectivity index (χ4n) is 5.07. The molecule has 1 atom stereocenters. The molecule has 0 saturated carbocycles. The lowest BCUT2D eigenvalue weighted by Crippen LogP contribution is -2.54. The van der Waals surface area contributed by atoms with Crippen LogP contribution in [0, 0.1) is 6.92 Å². The standard InChI is InChI=1S/C36H41N3O5S/c1-5-44-32-21-19-31(20-22-32)39(45(42,43)33-17-10-7-11-18-33)26-35(40)38(25-30-16-12-13-28(4)23-30)34(36(41)37-27(2)3)24-29-14-8-6-9-15-29/h6-23,27,34H,5,24-26H2,1-4H3,(H,37,41)/t34-/m1/s1. The lowest BCUT2D eigenvalue weighted by Gasteiger charge is -2.34. The van der Waals surface area contributed by atoms with E-state index in [0.29, 0.717) is 18.0 Å².